The molecule has 0 aliphatic heterocycles. The fourth-order valence-electron chi connectivity index (χ4n) is 1.58. The molecule has 2 aromatic rings. The number of nitrogens with two attached hydrogens (primary N) is 1. The second-order valence-corrected chi connectivity index (χ2v) is 3.64. The lowest BCUT2D eigenvalue weighted by atomic mass is 9.97. The Kier molecular flexibility index (Phi) is 2.59. The molecule has 0 fully saturated rings. The zero-order valence-electron chi connectivity index (χ0n) is 8.83. The number of hydrogen-bond acceptors (Lipinski definition) is 5. The Bertz CT molecular complexity index is 451. The van der Waals surface area contributed by atoms with Crippen molar-refractivity contribution in [3.05, 3.63) is 18.1 Å². The predicted molar refractivity (Wildman–Crippen MR) is 55.3 cm³/mol. The van der Waals surface area contributed by atoms with Crippen molar-refractivity contribution in [3.63, 3.8) is 0 Å². The van der Waals surface area contributed by atoms with Gasteiger partial charge in [-0.2, -0.15) is 4.52 Å². The van der Waals surface area contributed by atoms with E-state index in [2.05, 4.69) is 34.4 Å². The third kappa shape index (κ3) is 1.68. The minimum absolute atomic E-state index is 0.0987. The van der Waals surface area contributed by atoms with Gasteiger partial charge in [0.2, 0.25) is 0 Å². The van der Waals surface area contributed by atoms with Crippen molar-refractivity contribution >= 4 is 5.65 Å². The van der Waals surface area contributed by atoms with E-state index in [1.807, 2.05) is 0 Å². The number of aromatic nitrogens is 5. The van der Waals surface area contributed by atoms with Crippen molar-refractivity contribution in [1.82, 2.24) is 25.0 Å². The number of rotatable bonds is 3. The van der Waals surface area contributed by atoms with Crippen molar-refractivity contribution in [2.24, 2.45) is 5.73 Å². The van der Waals surface area contributed by atoms with Gasteiger partial charge in [-0.3, -0.25) is 4.98 Å². The zero-order chi connectivity index (χ0) is 10.8. The van der Waals surface area contributed by atoms with Crippen LogP contribution in [0.4, 0.5) is 0 Å². The molecule has 0 aromatic carbocycles. The normalized spacial score (nSPS) is 15.4. The summed E-state index contributed by atoms with van der Waals surface area (Å²) in [6.45, 7) is 4.13. The van der Waals surface area contributed by atoms with Gasteiger partial charge < -0.3 is 5.73 Å². The molecule has 2 heterocycles. The molecule has 0 saturated heterocycles. The lowest BCUT2D eigenvalue weighted by Gasteiger charge is -2.18. The second kappa shape index (κ2) is 3.90. The molecule has 0 aliphatic carbocycles. The Hall–Kier alpha value is -1.56. The molecule has 2 unspecified atom stereocenters. The summed E-state index contributed by atoms with van der Waals surface area (Å²) in [6.07, 6.45) is 4.32. The Balaban J connectivity index is 2.46. The van der Waals surface area contributed by atoms with Gasteiger partial charge in [0.15, 0.2) is 5.65 Å². The lowest BCUT2D eigenvalue weighted by molar-refractivity contribution is 0.526. The molecule has 0 bridgehead atoms. The molecule has 2 rings (SSSR count). The first kappa shape index (κ1) is 9.97. The maximum Gasteiger partial charge on any atom is 0.197 e. The van der Waals surface area contributed by atoms with Gasteiger partial charge in [-0.25, -0.2) is 0 Å². The molecule has 2 atom stereocenters. The van der Waals surface area contributed by atoms with E-state index in [4.69, 9.17) is 5.73 Å². The molecule has 0 spiro atoms. The maximum absolute atomic E-state index is 6.00. The van der Waals surface area contributed by atoms with Gasteiger partial charge in [0.1, 0.15) is 0 Å². The second-order valence-electron chi connectivity index (χ2n) is 3.64. The summed E-state index contributed by atoms with van der Waals surface area (Å²) in [5.74, 6) is 0.190. The summed E-state index contributed by atoms with van der Waals surface area (Å²) >= 11 is 0. The monoisotopic (exact) mass is 206 g/mol. The largest absolute Gasteiger partial charge is 0.327 e. The first-order valence-corrected chi connectivity index (χ1v) is 5.01. The van der Waals surface area contributed by atoms with Crippen LogP contribution < -0.4 is 5.73 Å². The molecule has 0 amide bonds. The fraction of sp³-hybridized carbons (Fsp3) is 0.556. The van der Waals surface area contributed by atoms with Crippen LogP contribution >= 0.6 is 0 Å². The van der Waals surface area contributed by atoms with Crippen molar-refractivity contribution in [2.45, 2.75) is 32.2 Å². The van der Waals surface area contributed by atoms with Crippen LogP contribution in [0.5, 0.6) is 0 Å². The van der Waals surface area contributed by atoms with E-state index in [-0.39, 0.29) is 12.0 Å². The summed E-state index contributed by atoms with van der Waals surface area (Å²) < 4.78 is 1.69. The van der Waals surface area contributed by atoms with E-state index in [0.717, 1.165) is 12.1 Å². The third-order valence-corrected chi connectivity index (χ3v) is 2.72. The molecule has 0 aliphatic rings. The highest BCUT2D eigenvalue weighted by molar-refractivity contribution is 5.33. The number of tetrazole rings is 1. The molecule has 0 radical (unpaired) electrons. The van der Waals surface area contributed by atoms with Gasteiger partial charge in [-0.1, -0.05) is 13.8 Å². The SMILES string of the molecule is CCC(N)C(C)c1cncc2nnnn12. The van der Waals surface area contributed by atoms with Gasteiger partial charge >= 0.3 is 0 Å². The van der Waals surface area contributed by atoms with Gasteiger partial charge in [-0.05, 0) is 16.8 Å². The van der Waals surface area contributed by atoms with E-state index in [9.17, 15) is 0 Å². The maximum atomic E-state index is 6.00. The number of nitrogens with zero attached hydrogens (tertiary/aromatic N) is 5. The Morgan fingerprint density at radius 1 is 1.47 bits per heavy atom. The van der Waals surface area contributed by atoms with E-state index in [1.165, 1.54) is 0 Å². The Labute approximate surface area is 87.5 Å². The number of fused-ring (bicyclic) bond motifs is 1. The van der Waals surface area contributed by atoms with Crippen LogP contribution in [0.15, 0.2) is 12.4 Å². The van der Waals surface area contributed by atoms with Crippen LogP contribution in [0.2, 0.25) is 0 Å². The highest BCUT2D eigenvalue weighted by atomic mass is 15.5. The fourth-order valence-corrected chi connectivity index (χ4v) is 1.58. The predicted octanol–water partition coefficient (Wildman–Crippen LogP) is 0.360. The quantitative estimate of drug-likeness (QED) is 0.784. The zero-order valence-corrected chi connectivity index (χ0v) is 8.83. The summed E-state index contributed by atoms with van der Waals surface area (Å²) in [6, 6.07) is 0.0987. The van der Waals surface area contributed by atoms with Crippen LogP contribution in [0.1, 0.15) is 31.9 Å². The highest BCUT2D eigenvalue weighted by Gasteiger charge is 2.17. The molecule has 80 valence electrons. The first-order chi connectivity index (χ1) is 7.24. The first-order valence-electron chi connectivity index (χ1n) is 5.01. The van der Waals surface area contributed by atoms with E-state index in [1.54, 1.807) is 16.9 Å². The van der Waals surface area contributed by atoms with Crippen molar-refractivity contribution in [1.29, 1.82) is 0 Å². The van der Waals surface area contributed by atoms with Gasteiger partial charge in [0.05, 0.1) is 11.9 Å². The van der Waals surface area contributed by atoms with E-state index >= 15 is 0 Å². The highest BCUT2D eigenvalue weighted by Crippen LogP contribution is 2.18. The van der Waals surface area contributed by atoms with Crippen molar-refractivity contribution in [2.75, 3.05) is 0 Å². The van der Waals surface area contributed by atoms with Crippen LogP contribution in [0.3, 0.4) is 0 Å². The smallest absolute Gasteiger partial charge is 0.197 e. The third-order valence-electron chi connectivity index (χ3n) is 2.72. The lowest BCUT2D eigenvalue weighted by Crippen LogP contribution is -2.27. The van der Waals surface area contributed by atoms with E-state index in [0.29, 0.717) is 5.65 Å². The molecule has 2 aromatic heterocycles. The molecule has 6 nitrogen and oxygen atoms in total. The molecule has 6 heteroatoms. The summed E-state index contributed by atoms with van der Waals surface area (Å²) in [5, 5.41) is 11.4. The molecule has 2 N–H and O–H groups in total. The van der Waals surface area contributed by atoms with Crippen molar-refractivity contribution in [3.8, 4) is 0 Å². The molecular weight excluding hydrogens is 192 g/mol. The van der Waals surface area contributed by atoms with Crippen LogP contribution in [0, 0.1) is 0 Å². The average Bonchev–Trinajstić information content (AvgIpc) is 2.74. The molecule has 0 saturated carbocycles. The van der Waals surface area contributed by atoms with Crippen LogP contribution in [0.25, 0.3) is 5.65 Å². The standard InChI is InChI=1S/C9H14N6/c1-3-7(10)6(2)8-4-11-5-9-12-13-14-15(8)9/h4-7H,3,10H2,1-2H3. The molecular formula is C9H14N6. The van der Waals surface area contributed by atoms with Crippen LogP contribution in [-0.2, 0) is 0 Å². The van der Waals surface area contributed by atoms with E-state index < -0.39 is 0 Å². The Morgan fingerprint density at radius 3 is 3.00 bits per heavy atom. The summed E-state index contributed by atoms with van der Waals surface area (Å²) in [4.78, 5) is 4.10. The van der Waals surface area contributed by atoms with Gasteiger partial charge in [0.25, 0.3) is 0 Å². The summed E-state index contributed by atoms with van der Waals surface area (Å²) in [7, 11) is 0. The minimum Gasteiger partial charge on any atom is -0.327 e. The molecule has 15 heavy (non-hydrogen) atoms. The topological polar surface area (TPSA) is 82.0 Å². The van der Waals surface area contributed by atoms with Gasteiger partial charge in [0, 0.05) is 18.2 Å². The summed E-state index contributed by atoms with van der Waals surface area (Å²) in [5.41, 5.74) is 7.60. The van der Waals surface area contributed by atoms with Crippen molar-refractivity contribution < 1.29 is 0 Å². The van der Waals surface area contributed by atoms with Crippen LogP contribution in [-0.4, -0.2) is 31.1 Å². The minimum atomic E-state index is 0.0987. The Morgan fingerprint density at radius 2 is 2.27 bits per heavy atom. The average molecular weight is 206 g/mol. The van der Waals surface area contributed by atoms with Gasteiger partial charge in [-0.15, -0.1) is 5.10 Å². The number of hydrogen-bond donors (Lipinski definition) is 1.